The van der Waals surface area contributed by atoms with E-state index in [1.54, 1.807) is 16.7 Å². The summed E-state index contributed by atoms with van der Waals surface area (Å²) in [7, 11) is 0. The second-order valence-corrected chi connectivity index (χ2v) is 8.45. The highest BCUT2D eigenvalue weighted by molar-refractivity contribution is 6.52. The minimum Gasteiger partial charge on any atom is -0.326 e. The van der Waals surface area contributed by atoms with Crippen LogP contribution >= 0.6 is 0 Å². The van der Waals surface area contributed by atoms with Gasteiger partial charge < -0.3 is 5.32 Å². The Labute approximate surface area is 167 Å². The van der Waals surface area contributed by atoms with E-state index in [0.717, 1.165) is 25.7 Å². The summed E-state index contributed by atoms with van der Waals surface area (Å²) in [5, 5.41) is 2.81. The third kappa shape index (κ3) is 2.84. The summed E-state index contributed by atoms with van der Waals surface area (Å²) in [6, 6.07) is 4.94. The van der Waals surface area contributed by atoms with Crippen LogP contribution in [0.25, 0.3) is 11.3 Å². The van der Waals surface area contributed by atoms with Crippen molar-refractivity contribution in [3.05, 3.63) is 35.3 Å². The predicted molar refractivity (Wildman–Crippen MR) is 105 cm³/mol. The molecule has 2 saturated carbocycles. The molecule has 148 valence electrons. The van der Waals surface area contributed by atoms with E-state index in [1.807, 2.05) is 13.8 Å². The van der Waals surface area contributed by atoms with Gasteiger partial charge in [-0.2, -0.15) is 0 Å². The van der Waals surface area contributed by atoms with Crippen molar-refractivity contribution >= 4 is 29.1 Å². The molecule has 2 aromatic rings. The molecule has 0 spiro atoms. The van der Waals surface area contributed by atoms with Crippen molar-refractivity contribution in [3.8, 4) is 11.3 Å². The highest BCUT2D eigenvalue weighted by atomic mass is 16.2. The number of aromatic nitrogens is 2. The average molecular weight is 391 g/mol. The summed E-state index contributed by atoms with van der Waals surface area (Å²) in [6.07, 6.45) is 3.40. The Morgan fingerprint density at radius 3 is 2.34 bits per heavy atom. The lowest BCUT2D eigenvalue weighted by atomic mass is 9.89. The molecule has 7 nitrogen and oxygen atoms in total. The quantitative estimate of drug-likeness (QED) is 0.805. The zero-order chi connectivity index (χ0) is 20.4. The van der Waals surface area contributed by atoms with E-state index in [9.17, 15) is 19.2 Å². The molecule has 1 N–H and O–H groups in total. The number of ketones is 2. The molecule has 7 heteroatoms. The van der Waals surface area contributed by atoms with Crippen LogP contribution in [0.15, 0.2) is 18.2 Å². The summed E-state index contributed by atoms with van der Waals surface area (Å²) >= 11 is 0. The number of nitrogens with zero attached hydrogens (tertiary/aromatic N) is 2. The van der Waals surface area contributed by atoms with Gasteiger partial charge in [0.1, 0.15) is 11.5 Å². The molecule has 1 aromatic heterocycles. The Balaban J connectivity index is 1.66. The molecule has 1 amide bonds. The molecule has 0 bridgehead atoms. The number of benzene rings is 1. The highest BCUT2D eigenvalue weighted by Crippen LogP contribution is 2.40. The standard InChI is InChI=1S/C22H21N3O4/c1-10(2)20-24-16-17(25(20)22(29)12-5-6-12)14-8-7-13(23-21(28)11-3-4-11)9-15(14)18(26)19(16)27/h7-12H,3-6H2,1-2H3,(H,23,28). The first-order valence-corrected chi connectivity index (χ1v) is 10.1. The fourth-order valence-corrected chi connectivity index (χ4v) is 3.80. The maximum Gasteiger partial charge on any atom is 0.254 e. The molecule has 0 unspecified atom stereocenters. The molecule has 3 aliphatic rings. The van der Waals surface area contributed by atoms with E-state index < -0.39 is 11.6 Å². The topological polar surface area (TPSA) is 98.1 Å². The van der Waals surface area contributed by atoms with Gasteiger partial charge in [-0.15, -0.1) is 0 Å². The minimum absolute atomic E-state index is 0.0289. The molecule has 5 rings (SSSR count). The van der Waals surface area contributed by atoms with Gasteiger partial charge in [0.25, 0.3) is 5.78 Å². The number of hydrogen-bond donors (Lipinski definition) is 1. The van der Waals surface area contributed by atoms with E-state index in [1.165, 1.54) is 6.07 Å². The van der Waals surface area contributed by atoms with Crippen LogP contribution in [0.5, 0.6) is 0 Å². The summed E-state index contributed by atoms with van der Waals surface area (Å²) in [5.74, 6) is -1.10. The van der Waals surface area contributed by atoms with Gasteiger partial charge >= 0.3 is 0 Å². The van der Waals surface area contributed by atoms with Gasteiger partial charge in [-0.3, -0.25) is 23.7 Å². The molecular weight excluding hydrogens is 370 g/mol. The van der Waals surface area contributed by atoms with Crippen LogP contribution in [0.3, 0.4) is 0 Å². The van der Waals surface area contributed by atoms with Crippen LogP contribution in [0, 0.1) is 11.8 Å². The number of rotatable bonds is 4. The van der Waals surface area contributed by atoms with Crippen molar-refractivity contribution in [1.82, 2.24) is 9.55 Å². The number of carbonyl (C=O) groups excluding carboxylic acids is 4. The van der Waals surface area contributed by atoms with Crippen LogP contribution in [0.1, 0.15) is 76.9 Å². The number of nitrogens with one attached hydrogen (secondary N) is 1. The molecule has 1 heterocycles. The second-order valence-electron chi connectivity index (χ2n) is 8.45. The minimum atomic E-state index is -0.706. The third-order valence-corrected chi connectivity index (χ3v) is 5.72. The SMILES string of the molecule is CC(C)c1nc2c(n1C(=O)C1CC1)-c1ccc(NC(=O)C3CC3)cc1C(=O)C2=O. The van der Waals surface area contributed by atoms with Crippen LogP contribution < -0.4 is 5.32 Å². The first kappa shape index (κ1) is 18.0. The van der Waals surface area contributed by atoms with E-state index >= 15 is 0 Å². The molecule has 2 fully saturated rings. The first-order chi connectivity index (χ1) is 13.9. The normalized spacial score (nSPS) is 17.9. The van der Waals surface area contributed by atoms with Gasteiger partial charge in [0.05, 0.1) is 5.69 Å². The maximum atomic E-state index is 13.0. The largest absolute Gasteiger partial charge is 0.326 e. The van der Waals surface area contributed by atoms with Crippen molar-refractivity contribution in [1.29, 1.82) is 0 Å². The number of Topliss-reactive ketones (excluding diaryl/α,β-unsaturated/α-hetero) is 2. The lowest BCUT2D eigenvalue weighted by Gasteiger charge is -2.18. The molecule has 3 aliphatic carbocycles. The molecule has 0 atom stereocenters. The zero-order valence-corrected chi connectivity index (χ0v) is 16.3. The lowest BCUT2D eigenvalue weighted by Crippen LogP contribution is -2.25. The lowest BCUT2D eigenvalue weighted by molar-refractivity contribution is -0.117. The number of carbonyl (C=O) groups is 4. The van der Waals surface area contributed by atoms with Gasteiger partial charge in [0.2, 0.25) is 17.6 Å². The van der Waals surface area contributed by atoms with Crippen molar-refractivity contribution in [2.75, 3.05) is 5.32 Å². The van der Waals surface area contributed by atoms with Gasteiger partial charge in [-0.05, 0) is 43.9 Å². The number of amides is 1. The Hall–Kier alpha value is -3.09. The van der Waals surface area contributed by atoms with E-state index in [2.05, 4.69) is 10.3 Å². The van der Waals surface area contributed by atoms with Crippen LogP contribution in [0.2, 0.25) is 0 Å². The monoisotopic (exact) mass is 391 g/mol. The number of hydrogen-bond acceptors (Lipinski definition) is 5. The van der Waals surface area contributed by atoms with Crippen molar-refractivity contribution in [3.63, 3.8) is 0 Å². The Kier molecular flexibility index (Phi) is 3.84. The Morgan fingerprint density at radius 2 is 1.72 bits per heavy atom. The van der Waals surface area contributed by atoms with Gasteiger partial charge in [-0.25, -0.2) is 4.98 Å². The van der Waals surface area contributed by atoms with Crippen LogP contribution in [-0.4, -0.2) is 32.9 Å². The second kappa shape index (κ2) is 6.20. The maximum absolute atomic E-state index is 13.0. The molecule has 0 aliphatic heterocycles. The van der Waals surface area contributed by atoms with Crippen molar-refractivity contribution in [2.24, 2.45) is 11.8 Å². The summed E-state index contributed by atoms with van der Waals surface area (Å²) in [4.78, 5) is 55.1. The van der Waals surface area contributed by atoms with Crippen molar-refractivity contribution < 1.29 is 19.2 Å². The molecule has 0 radical (unpaired) electrons. The summed E-state index contributed by atoms with van der Waals surface area (Å²) in [5.41, 5.74) is 1.66. The third-order valence-electron chi connectivity index (χ3n) is 5.72. The first-order valence-electron chi connectivity index (χ1n) is 10.1. The van der Waals surface area contributed by atoms with Crippen LogP contribution in [-0.2, 0) is 4.79 Å². The highest BCUT2D eigenvalue weighted by Gasteiger charge is 2.41. The smallest absolute Gasteiger partial charge is 0.254 e. The Morgan fingerprint density at radius 1 is 1.03 bits per heavy atom. The fourth-order valence-electron chi connectivity index (χ4n) is 3.80. The van der Waals surface area contributed by atoms with Crippen LogP contribution in [0.4, 0.5) is 5.69 Å². The number of anilines is 1. The Bertz CT molecular complexity index is 1100. The zero-order valence-electron chi connectivity index (χ0n) is 16.3. The number of fused-ring (bicyclic) bond motifs is 3. The molecule has 1 aromatic carbocycles. The summed E-state index contributed by atoms with van der Waals surface area (Å²) < 4.78 is 1.54. The molecular formula is C22H21N3O4. The summed E-state index contributed by atoms with van der Waals surface area (Å²) in [6.45, 7) is 3.82. The van der Waals surface area contributed by atoms with E-state index in [-0.39, 0.29) is 40.8 Å². The number of imidazole rings is 1. The van der Waals surface area contributed by atoms with Gasteiger partial charge in [0, 0.05) is 34.6 Å². The van der Waals surface area contributed by atoms with Gasteiger partial charge in [-0.1, -0.05) is 13.8 Å². The molecule has 29 heavy (non-hydrogen) atoms. The fraction of sp³-hybridized carbons (Fsp3) is 0.409. The van der Waals surface area contributed by atoms with E-state index in [4.69, 9.17) is 0 Å². The molecule has 0 saturated heterocycles. The van der Waals surface area contributed by atoms with E-state index in [0.29, 0.717) is 22.8 Å². The van der Waals surface area contributed by atoms with Crippen molar-refractivity contribution in [2.45, 2.75) is 45.4 Å². The van der Waals surface area contributed by atoms with Gasteiger partial charge in [0.15, 0.2) is 0 Å². The predicted octanol–water partition coefficient (Wildman–Crippen LogP) is 3.45. The average Bonchev–Trinajstić information content (AvgIpc) is 3.60.